The zero-order valence-electron chi connectivity index (χ0n) is 7.59. The van der Waals surface area contributed by atoms with Gasteiger partial charge in [-0.1, -0.05) is 12.1 Å². The van der Waals surface area contributed by atoms with Crippen LogP contribution in [-0.4, -0.2) is 6.54 Å². The van der Waals surface area contributed by atoms with E-state index in [1.807, 2.05) is 12.1 Å². The number of halogens is 3. The van der Waals surface area contributed by atoms with E-state index in [1.165, 1.54) is 0 Å². The molecular weight excluding hydrogens is 268 g/mol. The van der Waals surface area contributed by atoms with E-state index in [9.17, 15) is 4.39 Å². The van der Waals surface area contributed by atoms with Crippen molar-refractivity contribution in [2.75, 3.05) is 6.54 Å². The standard InChI is InChI=1S/C10H11BrFN.ClH/c11-8-4-1-3-7(10(8)12)9-5-2-6-13-9;/h1,3-4,9,13H,2,5-6H2;1H/t9-;/m0./s1. The third-order valence-electron chi connectivity index (χ3n) is 2.42. The van der Waals surface area contributed by atoms with E-state index in [-0.39, 0.29) is 24.3 Å². The molecular formula is C10H12BrClFN. The van der Waals surface area contributed by atoms with Gasteiger partial charge in [-0.05, 0) is 41.4 Å². The van der Waals surface area contributed by atoms with E-state index in [4.69, 9.17) is 0 Å². The molecule has 0 bridgehead atoms. The van der Waals surface area contributed by atoms with Crippen molar-refractivity contribution in [1.82, 2.24) is 5.32 Å². The summed E-state index contributed by atoms with van der Waals surface area (Å²) in [5.41, 5.74) is 0.784. The second-order valence-corrected chi connectivity index (χ2v) is 4.15. The van der Waals surface area contributed by atoms with Crippen LogP contribution in [0.1, 0.15) is 24.4 Å². The second kappa shape index (κ2) is 5.10. The molecule has 0 aromatic heterocycles. The molecule has 1 aliphatic rings. The molecule has 0 unspecified atom stereocenters. The minimum Gasteiger partial charge on any atom is -0.310 e. The van der Waals surface area contributed by atoms with Crippen LogP contribution in [0.15, 0.2) is 22.7 Å². The lowest BCUT2D eigenvalue weighted by Crippen LogP contribution is -2.14. The monoisotopic (exact) mass is 279 g/mol. The summed E-state index contributed by atoms with van der Waals surface area (Å²) in [7, 11) is 0. The Labute approximate surface area is 97.6 Å². The highest BCUT2D eigenvalue weighted by atomic mass is 79.9. The van der Waals surface area contributed by atoms with Crippen LogP contribution in [0.5, 0.6) is 0 Å². The third-order valence-corrected chi connectivity index (χ3v) is 3.03. The summed E-state index contributed by atoms with van der Waals surface area (Å²) in [4.78, 5) is 0. The Kier molecular flexibility index (Phi) is 4.35. The van der Waals surface area contributed by atoms with Gasteiger partial charge in [0.15, 0.2) is 0 Å². The van der Waals surface area contributed by atoms with Gasteiger partial charge in [0.2, 0.25) is 0 Å². The Morgan fingerprint density at radius 3 is 2.86 bits per heavy atom. The van der Waals surface area contributed by atoms with Crippen molar-refractivity contribution in [1.29, 1.82) is 0 Å². The Balaban J connectivity index is 0.000000980. The quantitative estimate of drug-likeness (QED) is 0.831. The SMILES string of the molecule is Cl.Fc1c(Br)cccc1[C@@H]1CCCN1. The second-order valence-electron chi connectivity index (χ2n) is 3.29. The first-order chi connectivity index (χ1) is 6.29. The largest absolute Gasteiger partial charge is 0.310 e. The zero-order chi connectivity index (χ0) is 9.26. The Morgan fingerprint density at radius 2 is 2.21 bits per heavy atom. The van der Waals surface area contributed by atoms with Crippen LogP contribution in [0, 0.1) is 5.82 Å². The van der Waals surface area contributed by atoms with Crippen LogP contribution in [0.4, 0.5) is 4.39 Å². The van der Waals surface area contributed by atoms with Crippen molar-refractivity contribution in [2.24, 2.45) is 0 Å². The first-order valence-corrected chi connectivity index (χ1v) is 5.25. The zero-order valence-corrected chi connectivity index (χ0v) is 10.00. The molecule has 78 valence electrons. The van der Waals surface area contributed by atoms with Gasteiger partial charge in [-0.2, -0.15) is 0 Å². The summed E-state index contributed by atoms with van der Waals surface area (Å²) >= 11 is 3.19. The molecule has 0 aliphatic carbocycles. The molecule has 0 amide bonds. The van der Waals surface area contributed by atoms with Crippen molar-refractivity contribution in [2.45, 2.75) is 18.9 Å². The molecule has 1 atom stereocenters. The summed E-state index contributed by atoms with van der Waals surface area (Å²) in [6, 6.07) is 5.66. The first kappa shape index (κ1) is 12.0. The molecule has 14 heavy (non-hydrogen) atoms. The van der Waals surface area contributed by atoms with E-state index in [2.05, 4.69) is 21.2 Å². The normalized spacial score (nSPS) is 20.6. The van der Waals surface area contributed by atoms with Crippen molar-refractivity contribution in [3.05, 3.63) is 34.1 Å². The Bertz CT molecular complexity index is 313. The van der Waals surface area contributed by atoms with E-state index in [0.29, 0.717) is 4.47 Å². The van der Waals surface area contributed by atoms with E-state index >= 15 is 0 Å². The number of hydrogen-bond acceptors (Lipinski definition) is 1. The molecule has 0 spiro atoms. The minimum atomic E-state index is -0.123. The Hall–Kier alpha value is -0.120. The lowest BCUT2D eigenvalue weighted by molar-refractivity contribution is 0.554. The molecule has 1 heterocycles. The van der Waals surface area contributed by atoms with Crippen molar-refractivity contribution in [3.63, 3.8) is 0 Å². The number of rotatable bonds is 1. The van der Waals surface area contributed by atoms with Gasteiger partial charge in [0.1, 0.15) is 5.82 Å². The fourth-order valence-electron chi connectivity index (χ4n) is 1.74. The predicted octanol–water partition coefficient (Wildman–Crippen LogP) is 3.43. The molecule has 1 nitrogen and oxygen atoms in total. The summed E-state index contributed by atoms with van der Waals surface area (Å²) in [6.07, 6.45) is 2.17. The summed E-state index contributed by atoms with van der Waals surface area (Å²) in [6.45, 7) is 0.997. The molecule has 4 heteroatoms. The molecule has 1 aromatic rings. The predicted molar refractivity (Wildman–Crippen MR) is 61.3 cm³/mol. The number of nitrogens with one attached hydrogen (secondary N) is 1. The van der Waals surface area contributed by atoms with Gasteiger partial charge in [0.05, 0.1) is 4.47 Å². The maximum Gasteiger partial charge on any atom is 0.142 e. The average molecular weight is 281 g/mol. The van der Waals surface area contributed by atoms with Gasteiger partial charge < -0.3 is 5.32 Å². The van der Waals surface area contributed by atoms with E-state index < -0.39 is 0 Å². The van der Waals surface area contributed by atoms with Gasteiger partial charge in [-0.15, -0.1) is 12.4 Å². The van der Waals surface area contributed by atoms with Gasteiger partial charge in [0, 0.05) is 11.6 Å². The van der Waals surface area contributed by atoms with Gasteiger partial charge >= 0.3 is 0 Å². The van der Waals surface area contributed by atoms with Gasteiger partial charge in [-0.25, -0.2) is 4.39 Å². The summed E-state index contributed by atoms with van der Waals surface area (Å²) in [5.74, 6) is -0.123. The van der Waals surface area contributed by atoms with Crippen LogP contribution < -0.4 is 5.32 Å². The first-order valence-electron chi connectivity index (χ1n) is 4.46. The molecule has 1 N–H and O–H groups in total. The lowest BCUT2D eigenvalue weighted by atomic mass is 10.1. The number of benzene rings is 1. The van der Waals surface area contributed by atoms with Crippen molar-refractivity contribution < 1.29 is 4.39 Å². The highest BCUT2D eigenvalue weighted by Gasteiger charge is 2.20. The molecule has 0 radical (unpaired) electrons. The lowest BCUT2D eigenvalue weighted by Gasteiger charge is -2.11. The van der Waals surface area contributed by atoms with E-state index in [1.54, 1.807) is 6.07 Å². The number of hydrogen-bond donors (Lipinski definition) is 1. The van der Waals surface area contributed by atoms with Crippen LogP contribution in [-0.2, 0) is 0 Å². The third kappa shape index (κ3) is 2.27. The maximum atomic E-state index is 13.6. The molecule has 2 rings (SSSR count). The van der Waals surface area contributed by atoms with Gasteiger partial charge in [-0.3, -0.25) is 0 Å². The summed E-state index contributed by atoms with van der Waals surface area (Å²) < 4.78 is 14.1. The van der Waals surface area contributed by atoms with Crippen molar-refractivity contribution >= 4 is 28.3 Å². The van der Waals surface area contributed by atoms with Crippen LogP contribution >= 0.6 is 28.3 Å². The smallest absolute Gasteiger partial charge is 0.142 e. The topological polar surface area (TPSA) is 12.0 Å². The highest BCUT2D eigenvalue weighted by Crippen LogP contribution is 2.28. The Morgan fingerprint density at radius 1 is 1.43 bits per heavy atom. The fraction of sp³-hybridized carbons (Fsp3) is 0.400. The molecule has 1 saturated heterocycles. The minimum absolute atomic E-state index is 0. The van der Waals surface area contributed by atoms with Crippen LogP contribution in [0.25, 0.3) is 0 Å². The summed E-state index contributed by atoms with van der Waals surface area (Å²) in [5, 5.41) is 3.28. The fourth-order valence-corrected chi connectivity index (χ4v) is 2.12. The van der Waals surface area contributed by atoms with Crippen LogP contribution in [0.2, 0.25) is 0 Å². The van der Waals surface area contributed by atoms with Gasteiger partial charge in [0.25, 0.3) is 0 Å². The maximum absolute atomic E-state index is 13.6. The molecule has 0 saturated carbocycles. The van der Waals surface area contributed by atoms with Crippen LogP contribution in [0.3, 0.4) is 0 Å². The molecule has 1 aliphatic heterocycles. The van der Waals surface area contributed by atoms with E-state index in [0.717, 1.165) is 24.9 Å². The highest BCUT2D eigenvalue weighted by molar-refractivity contribution is 9.10. The van der Waals surface area contributed by atoms with Crippen molar-refractivity contribution in [3.8, 4) is 0 Å². The molecule has 1 aromatic carbocycles. The average Bonchev–Trinajstić information content (AvgIpc) is 2.62. The molecule has 1 fully saturated rings.